The number of hydrogen-bond donors (Lipinski definition) is 2. The average Bonchev–Trinajstić information content (AvgIpc) is 3.08. The van der Waals surface area contributed by atoms with Gasteiger partial charge in [-0.15, -0.1) is 0 Å². The lowest BCUT2D eigenvalue weighted by Crippen LogP contribution is -2.29. The summed E-state index contributed by atoms with van der Waals surface area (Å²) < 4.78 is 26.3. The van der Waals surface area contributed by atoms with Crippen molar-refractivity contribution in [2.24, 2.45) is 0 Å². The molecule has 9 heteroatoms. The van der Waals surface area contributed by atoms with Crippen LogP contribution in [0, 0.1) is 0 Å². The number of phosphoric ester groups is 1. The van der Waals surface area contributed by atoms with Gasteiger partial charge in [-0.25, -0.2) is 4.57 Å². The van der Waals surface area contributed by atoms with Gasteiger partial charge in [0.05, 0.1) is 6.61 Å². The zero-order chi connectivity index (χ0) is 36.8. The Bertz CT molecular complexity index is 952. The molecule has 0 aliphatic rings. The summed E-state index contributed by atoms with van der Waals surface area (Å²) in [5, 5.41) is 0. The molecule has 0 aliphatic heterocycles. The third-order valence-corrected chi connectivity index (χ3v) is 8.85. The first-order chi connectivity index (χ1) is 24.3. The molecule has 0 rings (SSSR count). The van der Waals surface area contributed by atoms with E-state index in [-0.39, 0.29) is 19.4 Å². The van der Waals surface area contributed by atoms with Crippen LogP contribution in [-0.2, 0) is 28.2 Å². The van der Waals surface area contributed by atoms with E-state index in [1.54, 1.807) is 0 Å². The van der Waals surface area contributed by atoms with Crippen LogP contribution in [0.1, 0.15) is 181 Å². The van der Waals surface area contributed by atoms with Crippen LogP contribution in [0.2, 0.25) is 0 Å². The summed E-state index contributed by atoms with van der Waals surface area (Å²) in [6.07, 6.45) is 44.0. The van der Waals surface area contributed by atoms with Gasteiger partial charge >= 0.3 is 19.8 Å². The van der Waals surface area contributed by atoms with E-state index in [9.17, 15) is 14.2 Å². The van der Waals surface area contributed by atoms with Gasteiger partial charge in [-0.05, 0) is 51.4 Å². The summed E-state index contributed by atoms with van der Waals surface area (Å²) in [4.78, 5) is 42.8. The van der Waals surface area contributed by atoms with Crippen LogP contribution in [0.3, 0.4) is 0 Å². The number of rotatable bonds is 36. The fraction of sp³-hybridized carbons (Fsp3) is 0.756. The van der Waals surface area contributed by atoms with Crippen molar-refractivity contribution >= 4 is 19.8 Å². The summed E-state index contributed by atoms with van der Waals surface area (Å²) in [6, 6.07) is 0. The average molecular weight is 725 g/mol. The van der Waals surface area contributed by atoms with Crippen molar-refractivity contribution in [3.05, 3.63) is 48.6 Å². The smallest absolute Gasteiger partial charge is 0.462 e. The Morgan fingerprint density at radius 1 is 0.540 bits per heavy atom. The number of phosphoric acid groups is 1. The highest BCUT2D eigenvalue weighted by molar-refractivity contribution is 7.46. The summed E-state index contributed by atoms with van der Waals surface area (Å²) in [5.41, 5.74) is 0. The molecule has 0 bridgehead atoms. The Hall–Kier alpha value is -1.99. The van der Waals surface area contributed by atoms with Gasteiger partial charge in [0.2, 0.25) is 0 Å². The van der Waals surface area contributed by atoms with Crippen molar-refractivity contribution in [3.8, 4) is 0 Å². The van der Waals surface area contributed by atoms with Crippen molar-refractivity contribution in [3.63, 3.8) is 0 Å². The van der Waals surface area contributed by atoms with Crippen molar-refractivity contribution < 1.29 is 37.9 Å². The number of ether oxygens (including phenoxy) is 2. The molecule has 0 heterocycles. The number of allylic oxidation sites excluding steroid dienone is 8. The second-order valence-corrected chi connectivity index (χ2v) is 14.5. The molecule has 8 nitrogen and oxygen atoms in total. The molecule has 1 atom stereocenters. The lowest BCUT2D eigenvalue weighted by atomic mass is 10.0. The molecule has 0 aliphatic carbocycles. The molecule has 0 spiro atoms. The van der Waals surface area contributed by atoms with E-state index in [0.29, 0.717) is 12.8 Å². The highest BCUT2D eigenvalue weighted by Gasteiger charge is 2.22. The minimum absolute atomic E-state index is 0.208. The minimum atomic E-state index is -4.76. The molecular weight excluding hydrogens is 651 g/mol. The molecule has 0 amide bonds. The third kappa shape index (κ3) is 38.8. The molecule has 0 saturated heterocycles. The molecule has 0 radical (unpaired) electrons. The van der Waals surface area contributed by atoms with Gasteiger partial charge in [0.1, 0.15) is 6.61 Å². The van der Waals surface area contributed by atoms with Crippen molar-refractivity contribution in [1.29, 1.82) is 0 Å². The lowest BCUT2D eigenvalue weighted by molar-refractivity contribution is -0.161. The fourth-order valence-electron chi connectivity index (χ4n) is 5.42. The number of carbonyl (C=O) groups is 2. The van der Waals surface area contributed by atoms with Crippen LogP contribution >= 0.6 is 7.82 Å². The van der Waals surface area contributed by atoms with Gasteiger partial charge < -0.3 is 19.3 Å². The molecule has 0 fully saturated rings. The molecule has 50 heavy (non-hydrogen) atoms. The maximum atomic E-state index is 12.4. The Labute approximate surface area is 305 Å². The molecule has 0 aromatic rings. The topological polar surface area (TPSA) is 119 Å². The first-order valence-corrected chi connectivity index (χ1v) is 21.5. The van der Waals surface area contributed by atoms with Crippen LogP contribution < -0.4 is 0 Å². The first-order valence-electron chi connectivity index (χ1n) is 19.9. The van der Waals surface area contributed by atoms with Crippen LogP contribution in [-0.4, -0.2) is 41.0 Å². The highest BCUT2D eigenvalue weighted by Crippen LogP contribution is 2.36. The first kappa shape index (κ1) is 48.0. The van der Waals surface area contributed by atoms with Gasteiger partial charge in [-0.1, -0.05) is 165 Å². The Morgan fingerprint density at radius 3 is 1.44 bits per heavy atom. The normalized spacial score (nSPS) is 13.0. The lowest BCUT2D eigenvalue weighted by Gasteiger charge is -2.18. The predicted octanol–water partition coefficient (Wildman–Crippen LogP) is 12.0. The summed E-state index contributed by atoms with van der Waals surface area (Å²) in [5.74, 6) is -0.910. The van der Waals surface area contributed by atoms with E-state index in [1.165, 1.54) is 70.6 Å². The summed E-state index contributed by atoms with van der Waals surface area (Å²) in [7, 11) is -4.76. The molecule has 0 unspecified atom stereocenters. The zero-order valence-electron chi connectivity index (χ0n) is 31.8. The van der Waals surface area contributed by atoms with Crippen molar-refractivity contribution in [1.82, 2.24) is 0 Å². The van der Waals surface area contributed by atoms with Crippen molar-refractivity contribution in [2.45, 2.75) is 187 Å². The fourth-order valence-corrected chi connectivity index (χ4v) is 5.78. The van der Waals surface area contributed by atoms with Crippen molar-refractivity contribution in [2.75, 3.05) is 13.2 Å². The maximum Gasteiger partial charge on any atom is 0.469 e. The zero-order valence-corrected chi connectivity index (χ0v) is 32.7. The van der Waals surface area contributed by atoms with Crippen LogP contribution in [0.4, 0.5) is 0 Å². The largest absolute Gasteiger partial charge is 0.469 e. The van der Waals surface area contributed by atoms with Gasteiger partial charge in [-0.2, -0.15) is 0 Å². The summed E-state index contributed by atoms with van der Waals surface area (Å²) >= 11 is 0. The van der Waals surface area contributed by atoms with Gasteiger partial charge in [-0.3, -0.25) is 14.1 Å². The SMILES string of the molecule is CC/C=C\C/C=C\C/C=C\C/C=C\CCCCCCC(=O)OC[C@H](COP(=O)(O)O)OC(=O)CCCCCCCCCCCCCCCCC. The van der Waals surface area contributed by atoms with Crippen LogP contribution in [0.5, 0.6) is 0 Å². The van der Waals surface area contributed by atoms with E-state index < -0.39 is 32.5 Å². The van der Waals surface area contributed by atoms with E-state index >= 15 is 0 Å². The second-order valence-electron chi connectivity index (χ2n) is 13.2. The number of esters is 2. The molecule has 2 N–H and O–H groups in total. The Morgan fingerprint density at radius 2 is 0.960 bits per heavy atom. The third-order valence-electron chi connectivity index (χ3n) is 8.36. The second kappa shape index (κ2) is 36.8. The molecule has 0 aromatic heterocycles. The summed E-state index contributed by atoms with van der Waals surface area (Å²) in [6.45, 7) is 3.55. The van der Waals surface area contributed by atoms with E-state index in [0.717, 1.165) is 70.6 Å². The van der Waals surface area contributed by atoms with Gasteiger partial charge in [0.25, 0.3) is 0 Å². The number of unbranched alkanes of at least 4 members (excludes halogenated alkanes) is 18. The van der Waals surface area contributed by atoms with Gasteiger partial charge in [0, 0.05) is 12.8 Å². The van der Waals surface area contributed by atoms with E-state index in [4.69, 9.17) is 19.3 Å². The standard InChI is InChI=1S/C41H73O8P/c1-3-5-7-9-11-13-15-17-19-20-22-23-25-27-29-31-33-35-40(42)47-37-39(38-48-50(44,45)46)49-41(43)36-34-32-30-28-26-24-21-18-16-14-12-10-8-6-4-2/h5,7,11,13,17,19,22-23,39H,3-4,6,8-10,12,14-16,18,20-21,24-38H2,1-2H3,(H2,44,45,46)/b7-5-,13-11-,19-17-,23-22-/t39-/m1/s1. The highest BCUT2D eigenvalue weighted by atomic mass is 31.2. The Balaban J connectivity index is 3.98. The predicted molar refractivity (Wildman–Crippen MR) is 207 cm³/mol. The molecule has 0 saturated carbocycles. The van der Waals surface area contributed by atoms with Gasteiger partial charge in [0.15, 0.2) is 6.10 Å². The van der Waals surface area contributed by atoms with Crippen LogP contribution in [0.25, 0.3) is 0 Å². The number of carbonyl (C=O) groups excluding carboxylic acids is 2. The molecular formula is C41H73O8P. The quantitative estimate of drug-likeness (QED) is 0.0284. The Kier molecular flexibility index (Phi) is 35.3. The molecule has 290 valence electrons. The number of hydrogen-bond acceptors (Lipinski definition) is 6. The maximum absolute atomic E-state index is 12.4. The minimum Gasteiger partial charge on any atom is -0.462 e. The van der Waals surface area contributed by atoms with E-state index in [2.05, 4.69) is 67.0 Å². The monoisotopic (exact) mass is 725 g/mol. The van der Waals surface area contributed by atoms with E-state index in [1.807, 2.05) is 0 Å². The molecule has 0 aromatic carbocycles. The van der Waals surface area contributed by atoms with Crippen LogP contribution in [0.15, 0.2) is 48.6 Å².